The van der Waals surface area contributed by atoms with E-state index >= 15 is 0 Å². The van der Waals surface area contributed by atoms with Gasteiger partial charge in [0.05, 0.1) is 33.4 Å². The van der Waals surface area contributed by atoms with Gasteiger partial charge in [0.1, 0.15) is 0 Å². The van der Waals surface area contributed by atoms with Gasteiger partial charge in [-0.1, -0.05) is 79.0 Å². The van der Waals surface area contributed by atoms with Crippen molar-refractivity contribution < 1.29 is 28.8 Å². The first kappa shape index (κ1) is 65.5. The van der Waals surface area contributed by atoms with E-state index in [1.807, 2.05) is 14.1 Å². The van der Waals surface area contributed by atoms with E-state index in [1.165, 1.54) is 53.5 Å². The summed E-state index contributed by atoms with van der Waals surface area (Å²) >= 11 is 3.21. The summed E-state index contributed by atoms with van der Waals surface area (Å²) in [7, 11) is 14.6. The number of amides is 6. The fourth-order valence-electron chi connectivity index (χ4n) is 8.40. The summed E-state index contributed by atoms with van der Waals surface area (Å²) in [5.74, 6) is -1.25. The minimum Gasteiger partial charge on any atom is -0.329 e. The third kappa shape index (κ3) is 21.2. The van der Waals surface area contributed by atoms with Gasteiger partial charge < -0.3 is 45.8 Å². The molecule has 6 amide bonds. The molecule has 0 atom stereocenters. The molecule has 3 heterocycles. The second-order valence-corrected chi connectivity index (χ2v) is 20.8. The number of unbranched alkanes of at least 4 members (excludes halogenated alkanes) is 2. The smallest absolute Gasteiger partial charge is 0.261 e. The number of rotatable bonds is 30. The average Bonchev–Trinajstić information content (AvgIpc) is 3.92. The van der Waals surface area contributed by atoms with Crippen LogP contribution in [0.1, 0.15) is 102 Å². The maximum atomic E-state index is 12.5. The molecule has 19 heteroatoms. The van der Waals surface area contributed by atoms with E-state index in [4.69, 9.17) is 11.5 Å². The van der Waals surface area contributed by atoms with Crippen LogP contribution in [0.2, 0.25) is 0 Å². The molecule has 0 radical (unpaired) electrons. The molecule has 0 spiro atoms. The van der Waals surface area contributed by atoms with Crippen molar-refractivity contribution >= 4 is 51.4 Å². The van der Waals surface area contributed by atoms with Crippen LogP contribution in [0.15, 0.2) is 72.8 Å². The molecule has 0 bridgehead atoms. The molecule has 4 N–H and O–H groups in total. The van der Waals surface area contributed by atoms with Crippen LogP contribution in [0.3, 0.4) is 0 Å². The van der Waals surface area contributed by atoms with Crippen molar-refractivity contribution in [3.05, 3.63) is 106 Å². The summed E-state index contributed by atoms with van der Waals surface area (Å²) in [6.07, 6.45) is 5.33. The molecule has 0 aromatic heterocycles. The lowest BCUT2D eigenvalue weighted by Crippen LogP contribution is -2.41. The molecule has 6 rings (SSSR count). The topological polar surface area (TPSA) is 187 Å². The normalized spacial score (nSPS) is 13.9. The molecule has 3 aromatic rings. The molecule has 3 aromatic carbocycles. The third-order valence-corrected chi connectivity index (χ3v) is 14.0. The van der Waals surface area contributed by atoms with Crippen molar-refractivity contribution in [2.24, 2.45) is 11.5 Å². The van der Waals surface area contributed by atoms with Gasteiger partial charge in [-0.2, -0.15) is 0 Å². The number of benzene rings is 3. The Morgan fingerprint density at radius 3 is 0.776 bits per heavy atom. The van der Waals surface area contributed by atoms with Gasteiger partial charge >= 0.3 is 0 Å². The van der Waals surface area contributed by atoms with E-state index < -0.39 is 0 Å². The molecule has 76 heavy (non-hydrogen) atoms. The minimum atomic E-state index is -0.217. The van der Waals surface area contributed by atoms with E-state index in [2.05, 4.69) is 99.3 Å². The predicted octanol–water partition coefficient (Wildman–Crippen LogP) is 4.27. The Labute approximate surface area is 463 Å². The number of nitrogens with two attached hydrogens (primary N) is 2. The monoisotopic (exact) mass is 1120 g/mol. The average molecular weight is 1120 g/mol. The second kappa shape index (κ2) is 35.6. The summed E-state index contributed by atoms with van der Waals surface area (Å²) in [6.45, 7) is 20.5. The highest BCUT2D eigenvalue weighted by molar-refractivity contribution is 9.09. The van der Waals surface area contributed by atoms with Crippen LogP contribution in [0.25, 0.3) is 0 Å². The molecule has 18 nitrogen and oxygen atoms in total. The van der Waals surface area contributed by atoms with Gasteiger partial charge in [-0.15, -0.1) is 0 Å². The lowest BCUT2D eigenvalue weighted by Gasteiger charge is -2.26. The number of halogens is 1. The molecule has 3 aliphatic rings. The number of nitrogens with zero attached hydrogens (tertiary/aromatic N) is 10. The van der Waals surface area contributed by atoms with Gasteiger partial charge in [0.2, 0.25) is 0 Å². The number of fused-ring (bicyclic) bond motifs is 3. The zero-order chi connectivity index (χ0) is 56.2. The van der Waals surface area contributed by atoms with Crippen molar-refractivity contribution in [2.45, 2.75) is 39.5 Å². The van der Waals surface area contributed by atoms with E-state index in [0.29, 0.717) is 71.4 Å². The highest BCUT2D eigenvalue weighted by atomic mass is 79.9. The van der Waals surface area contributed by atoms with Crippen LogP contribution >= 0.6 is 15.9 Å². The Hall–Kier alpha value is -4.80. The van der Waals surface area contributed by atoms with Crippen molar-refractivity contribution in [3.8, 4) is 0 Å². The fraction of sp³-hybridized carbons (Fsp3) is 0.579. The summed E-state index contributed by atoms with van der Waals surface area (Å²) < 4.78 is 0. The van der Waals surface area contributed by atoms with Crippen LogP contribution in [0.4, 0.5) is 0 Å². The zero-order valence-corrected chi connectivity index (χ0v) is 48.9. The van der Waals surface area contributed by atoms with Gasteiger partial charge in [-0.25, -0.2) is 0 Å². The molecular formula is C57H91BrN12O6. The third-order valence-electron chi connectivity index (χ3n) is 13.6. The molecule has 0 aliphatic carbocycles. The number of carbonyl (C=O) groups excluding carboxylic acids is 6. The Morgan fingerprint density at radius 1 is 0.342 bits per heavy atom. The second-order valence-electron chi connectivity index (χ2n) is 20.0. The summed E-state index contributed by atoms with van der Waals surface area (Å²) in [5, 5.41) is 0.610. The molecular weight excluding hydrogens is 1030 g/mol. The zero-order valence-electron chi connectivity index (χ0n) is 47.4. The highest BCUT2D eigenvalue weighted by Crippen LogP contribution is 2.24. The Morgan fingerprint density at radius 2 is 0.553 bits per heavy atom. The Balaban J connectivity index is 0.000000313. The fourth-order valence-corrected chi connectivity index (χ4v) is 8.75. The van der Waals surface area contributed by atoms with Gasteiger partial charge in [-0.05, 0) is 112 Å². The molecule has 422 valence electrons. The molecule has 0 unspecified atom stereocenters. The van der Waals surface area contributed by atoms with E-state index in [9.17, 15) is 28.8 Å². The van der Waals surface area contributed by atoms with E-state index in [0.717, 1.165) is 78.5 Å². The Kier molecular flexibility index (Phi) is 30.7. The number of alkyl halides is 1. The van der Waals surface area contributed by atoms with Crippen LogP contribution in [0, 0.1) is 0 Å². The van der Waals surface area contributed by atoms with Crippen molar-refractivity contribution in [1.29, 1.82) is 0 Å². The summed E-state index contributed by atoms with van der Waals surface area (Å²) in [5.41, 5.74) is 13.9. The lowest BCUT2D eigenvalue weighted by molar-refractivity contribution is 0.0627. The molecule has 0 fully saturated rings. The van der Waals surface area contributed by atoms with E-state index in [1.54, 1.807) is 72.8 Å². The van der Waals surface area contributed by atoms with Gasteiger partial charge in [0.25, 0.3) is 35.4 Å². The number of likely N-dealkylation sites (N-methyl/N-ethyl adjacent to an activating group) is 6. The largest absolute Gasteiger partial charge is 0.329 e. The highest BCUT2D eigenvalue weighted by Gasteiger charge is 2.36. The predicted molar refractivity (Wildman–Crippen MR) is 310 cm³/mol. The standard InChI is InChI=1S/C27H33N5O4.C11H29N5.C10H8BrNO2.C9H21N/c1-28(12-14-29(2)16-18-31-24(33)20-8-4-5-9-21(20)25(31)34)13-15-30(3)17-19-32-26(35)22-10-6-7-11-23(22)27(32)36;1-14(6-4-12)8-10-16(3)11-9-15(2)7-5-13;11-5-6-12-9(13)7-3-1-2-4-8(7)10(12)14;1-4-6-8-10(3)9-7-5-2/h4-11H,12-19H2,1-3H3;4-13H2,1-3H3;1-4H,5-6H2;4-9H2,1-3H3. The number of imide groups is 3. The first-order chi connectivity index (χ1) is 36.4. The number of carbonyl (C=O) groups is 6. The quantitative estimate of drug-likeness (QED) is 0.0712. The van der Waals surface area contributed by atoms with Crippen LogP contribution in [-0.4, -0.2) is 263 Å². The first-order valence-electron chi connectivity index (χ1n) is 27.1. The maximum absolute atomic E-state index is 12.5. The SMILES string of the molecule is CCCCN(C)CCCC.CN(CCN(C)CCN1C(=O)c2ccccc2C1=O)CCN(C)CCN1C(=O)c2ccccc2C1=O.CN(CCN)CCN(C)CCN(C)CCN.O=C1c2ccccc2C(=O)N1CCBr. The summed E-state index contributed by atoms with van der Waals surface area (Å²) in [6, 6.07) is 20.8. The summed E-state index contributed by atoms with van der Waals surface area (Å²) in [4.78, 5) is 93.0. The van der Waals surface area contributed by atoms with Crippen molar-refractivity contribution in [1.82, 2.24) is 49.0 Å². The van der Waals surface area contributed by atoms with Gasteiger partial charge in [0, 0.05) is 117 Å². The van der Waals surface area contributed by atoms with Crippen molar-refractivity contribution in [2.75, 3.05) is 179 Å². The van der Waals surface area contributed by atoms with E-state index in [-0.39, 0.29) is 35.4 Å². The minimum absolute atomic E-state index is 0.190. The lowest BCUT2D eigenvalue weighted by atomic mass is 10.1. The van der Waals surface area contributed by atoms with Gasteiger partial charge in [0.15, 0.2) is 0 Å². The number of hydrogen-bond donors (Lipinski definition) is 2. The van der Waals surface area contributed by atoms with Crippen molar-refractivity contribution in [3.63, 3.8) is 0 Å². The molecule has 3 aliphatic heterocycles. The first-order valence-corrected chi connectivity index (χ1v) is 28.2. The molecule has 0 saturated carbocycles. The van der Waals surface area contributed by atoms with Gasteiger partial charge in [-0.3, -0.25) is 43.5 Å². The molecule has 0 saturated heterocycles. The maximum Gasteiger partial charge on any atom is 0.261 e. The van der Waals surface area contributed by atoms with Crippen LogP contribution in [-0.2, 0) is 0 Å². The van der Waals surface area contributed by atoms with Crippen LogP contribution in [0.5, 0.6) is 0 Å². The Bertz CT molecular complexity index is 2050. The number of hydrogen-bond acceptors (Lipinski definition) is 15. The van der Waals surface area contributed by atoms with Crippen LogP contribution < -0.4 is 11.5 Å².